The number of carbonyl (C=O) groups excluding carboxylic acids is 1. The van der Waals surface area contributed by atoms with Crippen LogP contribution in [0.1, 0.15) is 37.0 Å². The lowest BCUT2D eigenvalue weighted by molar-refractivity contribution is 0.0885. The fraction of sp³-hybridized carbons (Fsp3) is 0.500. The van der Waals surface area contributed by atoms with Gasteiger partial charge in [-0.2, -0.15) is 0 Å². The quantitative estimate of drug-likeness (QED) is 0.831. The Kier molecular flexibility index (Phi) is 5.30. The van der Waals surface area contributed by atoms with Gasteiger partial charge in [0.25, 0.3) is 5.91 Å². The number of halogens is 1. The summed E-state index contributed by atoms with van der Waals surface area (Å²) in [5.41, 5.74) is -0.149. The van der Waals surface area contributed by atoms with Crippen molar-refractivity contribution in [1.29, 1.82) is 0 Å². The van der Waals surface area contributed by atoms with E-state index in [9.17, 15) is 9.18 Å². The molecule has 0 aromatic heterocycles. The standard InChI is InChI=1S/C14H20FNO3/c1-4-14(2,7-8-17)16-13(18)10-5-6-11(15)12(9-10)19-3/h5-6,9,17H,4,7-8H2,1-3H3,(H,16,18)/t14-/m1/s1. The van der Waals surface area contributed by atoms with Crippen molar-refractivity contribution < 1.29 is 19.0 Å². The second kappa shape index (κ2) is 6.52. The predicted molar refractivity (Wildman–Crippen MR) is 70.8 cm³/mol. The summed E-state index contributed by atoms with van der Waals surface area (Å²) in [4.78, 5) is 12.1. The lowest BCUT2D eigenvalue weighted by Gasteiger charge is -2.29. The van der Waals surface area contributed by atoms with Crippen LogP contribution in [0.15, 0.2) is 18.2 Å². The molecule has 4 nitrogen and oxygen atoms in total. The molecule has 1 atom stereocenters. The van der Waals surface area contributed by atoms with Crippen LogP contribution >= 0.6 is 0 Å². The predicted octanol–water partition coefficient (Wildman–Crippen LogP) is 2.12. The van der Waals surface area contributed by atoms with E-state index >= 15 is 0 Å². The Morgan fingerprint density at radius 3 is 2.74 bits per heavy atom. The summed E-state index contributed by atoms with van der Waals surface area (Å²) in [5, 5.41) is 11.9. The molecule has 1 rings (SSSR count). The van der Waals surface area contributed by atoms with Gasteiger partial charge in [-0.05, 0) is 38.0 Å². The van der Waals surface area contributed by atoms with Crippen molar-refractivity contribution in [1.82, 2.24) is 5.32 Å². The molecular weight excluding hydrogens is 249 g/mol. The lowest BCUT2D eigenvalue weighted by Crippen LogP contribution is -2.46. The second-order valence-corrected chi connectivity index (χ2v) is 4.69. The molecule has 0 unspecified atom stereocenters. The van der Waals surface area contributed by atoms with E-state index in [1.165, 1.54) is 25.3 Å². The van der Waals surface area contributed by atoms with Crippen molar-refractivity contribution in [3.63, 3.8) is 0 Å². The number of rotatable bonds is 6. The van der Waals surface area contributed by atoms with Gasteiger partial charge in [-0.1, -0.05) is 6.92 Å². The van der Waals surface area contributed by atoms with Crippen LogP contribution in [0, 0.1) is 5.82 Å². The number of hydrogen-bond donors (Lipinski definition) is 2. The molecule has 0 heterocycles. The Hall–Kier alpha value is -1.62. The number of nitrogens with one attached hydrogen (secondary N) is 1. The van der Waals surface area contributed by atoms with Crippen molar-refractivity contribution in [2.45, 2.75) is 32.2 Å². The van der Waals surface area contributed by atoms with Gasteiger partial charge in [0.05, 0.1) is 7.11 Å². The summed E-state index contributed by atoms with van der Waals surface area (Å²) >= 11 is 0. The van der Waals surface area contributed by atoms with E-state index in [-0.39, 0.29) is 18.3 Å². The van der Waals surface area contributed by atoms with Gasteiger partial charge in [0.2, 0.25) is 0 Å². The SMILES string of the molecule is CC[C@](C)(CCO)NC(=O)c1ccc(F)c(OC)c1. The van der Waals surface area contributed by atoms with Gasteiger partial charge in [-0.15, -0.1) is 0 Å². The fourth-order valence-corrected chi connectivity index (χ4v) is 1.72. The van der Waals surface area contributed by atoms with Crippen LogP contribution in [0.4, 0.5) is 4.39 Å². The highest BCUT2D eigenvalue weighted by molar-refractivity contribution is 5.95. The van der Waals surface area contributed by atoms with Crippen LogP contribution in [0.5, 0.6) is 5.75 Å². The maximum absolute atomic E-state index is 13.3. The number of methoxy groups -OCH3 is 1. The molecular formula is C14H20FNO3. The molecule has 1 aromatic carbocycles. The summed E-state index contributed by atoms with van der Waals surface area (Å²) in [6, 6.07) is 3.96. The highest BCUT2D eigenvalue weighted by Gasteiger charge is 2.24. The number of aliphatic hydroxyl groups excluding tert-OH is 1. The van der Waals surface area contributed by atoms with Crippen LogP contribution in [0.2, 0.25) is 0 Å². The molecule has 0 saturated carbocycles. The first-order valence-corrected chi connectivity index (χ1v) is 6.22. The zero-order chi connectivity index (χ0) is 14.5. The number of ether oxygens (including phenoxy) is 1. The first kappa shape index (κ1) is 15.4. The maximum atomic E-state index is 13.3. The molecule has 0 aliphatic carbocycles. The van der Waals surface area contributed by atoms with Crippen LogP contribution in [0.25, 0.3) is 0 Å². The molecule has 5 heteroatoms. The molecule has 0 aliphatic rings. The van der Waals surface area contributed by atoms with Crippen LogP contribution in [-0.4, -0.2) is 30.3 Å². The highest BCUT2D eigenvalue weighted by Crippen LogP contribution is 2.20. The summed E-state index contributed by atoms with van der Waals surface area (Å²) < 4.78 is 18.1. The Bertz CT molecular complexity index is 450. The largest absolute Gasteiger partial charge is 0.494 e. The van der Waals surface area contributed by atoms with Crippen molar-refractivity contribution in [3.8, 4) is 5.75 Å². The zero-order valence-corrected chi connectivity index (χ0v) is 11.5. The van der Waals surface area contributed by atoms with Crippen LogP contribution in [-0.2, 0) is 0 Å². The Morgan fingerprint density at radius 2 is 2.21 bits per heavy atom. The highest BCUT2D eigenvalue weighted by atomic mass is 19.1. The van der Waals surface area contributed by atoms with Crippen LogP contribution in [0.3, 0.4) is 0 Å². The van der Waals surface area contributed by atoms with E-state index in [1.807, 2.05) is 13.8 Å². The number of benzene rings is 1. The minimum Gasteiger partial charge on any atom is -0.494 e. The molecule has 106 valence electrons. The van der Waals surface area contributed by atoms with E-state index in [4.69, 9.17) is 9.84 Å². The molecule has 1 amide bonds. The van der Waals surface area contributed by atoms with Gasteiger partial charge in [0, 0.05) is 17.7 Å². The minimum absolute atomic E-state index is 0.00262. The van der Waals surface area contributed by atoms with Gasteiger partial charge in [0.15, 0.2) is 11.6 Å². The molecule has 2 N–H and O–H groups in total. The van der Waals surface area contributed by atoms with Crippen molar-refractivity contribution in [3.05, 3.63) is 29.6 Å². The molecule has 0 spiro atoms. The summed E-state index contributed by atoms with van der Waals surface area (Å²) in [6.07, 6.45) is 1.16. The molecule has 0 radical (unpaired) electrons. The summed E-state index contributed by atoms with van der Waals surface area (Å²) in [6.45, 7) is 3.79. The topological polar surface area (TPSA) is 58.6 Å². The Morgan fingerprint density at radius 1 is 1.53 bits per heavy atom. The molecule has 1 aromatic rings. The van der Waals surface area contributed by atoms with Gasteiger partial charge < -0.3 is 15.2 Å². The van der Waals surface area contributed by atoms with E-state index in [1.54, 1.807) is 0 Å². The van der Waals surface area contributed by atoms with Gasteiger partial charge in [-0.3, -0.25) is 4.79 Å². The van der Waals surface area contributed by atoms with Gasteiger partial charge in [-0.25, -0.2) is 4.39 Å². The van der Waals surface area contributed by atoms with Crippen molar-refractivity contribution in [2.24, 2.45) is 0 Å². The third-order valence-corrected chi connectivity index (χ3v) is 3.27. The monoisotopic (exact) mass is 269 g/mol. The second-order valence-electron chi connectivity index (χ2n) is 4.69. The van der Waals surface area contributed by atoms with E-state index in [2.05, 4.69) is 5.32 Å². The average Bonchev–Trinajstić information content (AvgIpc) is 2.39. The maximum Gasteiger partial charge on any atom is 0.251 e. The molecule has 0 fully saturated rings. The third-order valence-electron chi connectivity index (χ3n) is 3.27. The van der Waals surface area contributed by atoms with Gasteiger partial charge >= 0.3 is 0 Å². The number of hydrogen-bond acceptors (Lipinski definition) is 3. The number of aliphatic hydroxyl groups is 1. The van der Waals surface area contributed by atoms with Crippen molar-refractivity contribution in [2.75, 3.05) is 13.7 Å². The summed E-state index contributed by atoms with van der Waals surface area (Å²) in [5.74, 6) is -0.781. The molecule has 0 saturated heterocycles. The molecule has 0 aliphatic heterocycles. The van der Waals surface area contributed by atoms with E-state index < -0.39 is 11.4 Å². The lowest BCUT2D eigenvalue weighted by atomic mass is 9.94. The van der Waals surface area contributed by atoms with E-state index in [0.717, 1.165) is 0 Å². The third kappa shape index (κ3) is 3.92. The molecule has 19 heavy (non-hydrogen) atoms. The van der Waals surface area contributed by atoms with E-state index in [0.29, 0.717) is 18.4 Å². The summed E-state index contributed by atoms with van der Waals surface area (Å²) in [7, 11) is 1.35. The normalized spacial score (nSPS) is 13.7. The number of amides is 1. The van der Waals surface area contributed by atoms with Crippen molar-refractivity contribution >= 4 is 5.91 Å². The fourth-order valence-electron chi connectivity index (χ4n) is 1.72. The van der Waals surface area contributed by atoms with Crippen LogP contribution < -0.4 is 10.1 Å². The average molecular weight is 269 g/mol. The van der Waals surface area contributed by atoms with Gasteiger partial charge in [0.1, 0.15) is 0 Å². The smallest absolute Gasteiger partial charge is 0.251 e. The zero-order valence-electron chi connectivity index (χ0n) is 11.5. The Labute approximate surface area is 112 Å². The minimum atomic E-state index is -0.507. The first-order valence-electron chi connectivity index (χ1n) is 6.22. The molecule has 0 bridgehead atoms. The Balaban J connectivity index is 2.88. The first-order chi connectivity index (χ1) is 8.95. The number of carbonyl (C=O) groups is 1.